The summed E-state index contributed by atoms with van der Waals surface area (Å²) in [7, 11) is 0. The number of benzene rings is 3. The highest BCUT2D eigenvalue weighted by atomic mass is 16.2. The average molecular weight is 387 g/mol. The van der Waals surface area contributed by atoms with Crippen LogP contribution in [0.2, 0.25) is 0 Å². The Kier molecular flexibility index (Phi) is 6.63. The first kappa shape index (κ1) is 20.1. The van der Waals surface area contributed by atoms with Crippen molar-refractivity contribution in [3.8, 4) is 0 Å². The van der Waals surface area contributed by atoms with Crippen molar-refractivity contribution in [3.05, 3.63) is 90.0 Å². The fraction of sp³-hybridized carbons (Fsp3) is 0.167. The molecule has 0 atom stereocenters. The molecule has 148 valence electrons. The van der Waals surface area contributed by atoms with E-state index in [0.717, 1.165) is 22.6 Å². The molecule has 0 aliphatic heterocycles. The summed E-state index contributed by atoms with van der Waals surface area (Å²) in [5.74, 6) is -0.220. The quantitative estimate of drug-likeness (QED) is 0.617. The summed E-state index contributed by atoms with van der Waals surface area (Å²) < 4.78 is 0. The van der Waals surface area contributed by atoms with E-state index in [9.17, 15) is 9.59 Å². The van der Waals surface area contributed by atoms with Gasteiger partial charge in [-0.2, -0.15) is 0 Å². The lowest BCUT2D eigenvalue weighted by molar-refractivity contribution is -0.116. The fourth-order valence-corrected chi connectivity index (χ4v) is 3.06. The minimum atomic E-state index is -0.190. The summed E-state index contributed by atoms with van der Waals surface area (Å²) in [6, 6.07) is 24.3. The molecule has 0 aliphatic carbocycles. The molecule has 3 aromatic rings. The summed E-state index contributed by atoms with van der Waals surface area (Å²) in [5.41, 5.74) is 3.88. The zero-order valence-corrected chi connectivity index (χ0v) is 16.7. The standard InChI is InChI=1S/C24H25N3O2/c1-3-27(21-12-8-5-9-13-21)23(28)17-25-22-16-19(15-14-18(22)2)24(29)26-20-10-6-4-7-11-20/h4-16,25H,3,17H2,1-2H3,(H,26,29). The van der Waals surface area contributed by atoms with Crippen molar-refractivity contribution < 1.29 is 9.59 Å². The van der Waals surface area contributed by atoms with E-state index in [4.69, 9.17) is 0 Å². The third-order valence-electron chi connectivity index (χ3n) is 4.65. The Balaban J connectivity index is 1.68. The molecule has 0 bridgehead atoms. The Labute approximate surface area is 171 Å². The molecule has 0 unspecified atom stereocenters. The number of para-hydroxylation sites is 2. The molecule has 2 N–H and O–H groups in total. The van der Waals surface area contributed by atoms with Gasteiger partial charge in [0.15, 0.2) is 0 Å². The van der Waals surface area contributed by atoms with Gasteiger partial charge in [-0.1, -0.05) is 42.5 Å². The van der Waals surface area contributed by atoms with Gasteiger partial charge < -0.3 is 15.5 Å². The van der Waals surface area contributed by atoms with Crippen LogP contribution in [0.3, 0.4) is 0 Å². The molecule has 0 fully saturated rings. The number of likely N-dealkylation sites (N-methyl/N-ethyl adjacent to an activating group) is 1. The third kappa shape index (κ3) is 5.23. The van der Waals surface area contributed by atoms with Gasteiger partial charge >= 0.3 is 0 Å². The number of hydrogen-bond acceptors (Lipinski definition) is 3. The zero-order chi connectivity index (χ0) is 20.6. The average Bonchev–Trinajstić information content (AvgIpc) is 2.75. The minimum Gasteiger partial charge on any atom is -0.376 e. The molecule has 3 rings (SSSR count). The van der Waals surface area contributed by atoms with Gasteiger partial charge in [0.1, 0.15) is 0 Å². The Hall–Kier alpha value is -3.60. The highest BCUT2D eigenvalue weighted by Gasteiger charge is 2.14. The number of carbonyl (C=O) groups is 2. The van der Waals surface area contributed by atoms with Gasteiger partial charge in [0.25, 0.3) is 5.91 Å². The van der Waals surface area contributed by atoms with E-state index in [-0.39, 0.29) is 18.4 Å². The number of nitrogens with one attached hydrogen (secondary N) is 2. The van der Waals surface area contributed by atoms with Crippen LogP contribution in [-0.2, 0) is 4.79 Å². The van der Waals surface area contributed by atoms with Gasteiger partial charge in [-0.25, -0.2) is 0 Å². The second-order valence-corrected chi connectivity index (χ2v) is 6.68. The normalized spacial score (nSPS) is 10.3. The van der Waals surface area contributed by atoms with Gasteiger partial charge in [0, 0.05) is 29.2 Å². The van der Waals surface area contributed by atoms with Crippen molar-refractivity contribution in [2.24, 2.45) is 0 Å². The maximum atomic E-state index is 12.7. The molecule has 0 saturated carbocycles. The van der Waals surface area contributed by atoms with E-state index >= 15 is 0 Å². The molecule has 0 radical (unpaired) electrons. The first-order valence-corrected chi connectivity index (χ1v) is 9.65. The predicted octanol–water partition coefficient (Wildman–Crippen LogP) is 4.71. The van der Waals surface area contributed by atoms with Gasteiger partial charge in [-0.05, 0) is 55.8 Å². The summed E-state index contributed by atoms with van der Waals surface area (Å²) in [6.07, 6.45) is 0. The first-order chi connectivity index (χ1) is 14.1. The van der Waals surface area contributed by atoms with Crippen molar-refractivity contribution in [2.45, 2.75) is 13.8 Å². The molecule has 3 aromatic carbocycles. The molecular formula is C24H25N3O2. The highest BCUT2D eigenvalue weighted by Crippen LogP contribution is 2.19. The molecule has 2 amide bonds. The van der Waals surface area contributed by atoms with Crippen LogP contribution in [0.5, 0.6) is 0 Å². The van der Waals surface area contributed by atoms with Crippen LogP contribution < -0.4 is 15.5 Å². The van der Waals surface area contributed by atoms with Gasteiger partial charge in [0.2, 0.25) is 5.91 Å². The van der Waals surface area contributed by atoms with E-state index < -0.39 is 0 Å². The Morgan fingerprint density at radius 2 is 1.55 bits per heavy atom. The van der Waals surface area contributed by atoms with Crippen LogP contribution in [0, 0.1) is 6.92 Å². The van der Waals surface area contributed by atoms with Crippen LogP contribution in [-0.4, -0.2) is 24.9 Å². The SMILES string of the molecule is CCN(C(=O)CNc1cc(C(=O)Nc2ccccc2)ccc1C)c1ccccc1. The smallest absolute Gasteiger partial charge is 0.255 e. The van der Waals surface area contributed by atoms with Crippen molar-refractivity contribution in [2.75, 3.05) is 28.6 Å². The van der Waals surface area contributed by atoms with Crippen LogP contribution in [0.15, 0.2) is 78.9 Å². The molecule has 0 spiro atoms. The minimum absolute atomic E-state index is 0.0303. The number of rotatable bonds is 7. The molecule has 5 nitrogen and oxygen atoms in total. The number of amides is 2. The van der Waals surface area contributed by atoms with Crippen LogP contribution in [0.25, 0.3) is 0 Å². The maximum absolute atomic E-state index is 12.7. The van der Waals surface area contributed by atoms with E-state index in [1.54, 1.807) is 17.0 Å². The topological polar surface area (TPSA) is 61.4 Å². The molecule has 0 aliphatic rings. The molecule has 5 heteroatoms. The van der Waals surface area contributed by atoms with Gasteiger partial charge in [-0.3, -0.25) is 9.59 Å². The van der Waals surface area contributed by atoms with E-state index in [1.807, 2.05) is 80.6 Å². The molecular weight excluding hydrogens is 362 g/mol. The summed E-state index contributed by atoms with van der Waals surface area (Å²) in [5, 5.41) is 6.06. The van der Waals surface area contributed by atoms with E-state index in [2.05, 4.69) is 10.6 Å². The summed E-state index contributed by atoms with van der Waals surface area (Å²) in [4.78, 5) is 27.0. The third-order valence-corrected chi connectivity index (χ3v) is 4.65. The van der Waals surface area contributed by atoms with Gasteiger partial charge in [0.05, 0.1) is 6.54 Å². The van der Waals surface area contributed by atoms with Crippen molar-refractivity contribution in [3.63, 3.8) is 0 Å². The van der Waals surface area contributed by atoms with Gasteiger partial charge in [-0.15, -0.1) is 0 Å². The number of anilines is 3. The Morgan fingerprint density at radius 1 is 0.897 bits per heavy atom. The largest absolute Gasteiger partial charge is 0.376 e. The first-order valence-electron chi connectivity index (χ1n) is 9.65. The predicted molar refractivity (Wildman–Crippen MR) is 119 cm³/mol. The lowest BCUT2D eigenvalue weighted by atomic mass is 10.1. The van der Waals surface area contributed by atoms with Crippen molar-refractivity contribution in [1.29, 1.82) is 0 Å². The molecule has 0 heterocycles. The van der Waals surface area contributed by atoms with Crippen molar-refractivity contribution >= 4 is 28.9 Å². The van der Waals surface area contributed by atoms with Crippen LogP contribution in [0.4, 0.5) is 17.1 Å². The number of carbonyl (C=O) groups excluding carboxylic acids is 2. The highest BCUT2D eigenvalue weighted by molar-refractivity contribution is 6.05. The van der Waals surface area contributed by atoms with Crippen LogP contribution >= 0.6 is 0 Å². The van der Waals surface area contributed by atoms with Crippen LogP contribution in [0.1, 0.15) is 22.8 Å². The number of nitrogens with zero attached hydrogens (tertiary/aromatic N) is 1. The summed E-state index contributed by atoms with van der Waals surface area (Å²) in [6.45, 7) is 4.63. The number of hydrogen-bond donors (Lipinski definition) is 2. The number of aryl methyl sites for hydroxylation is 1. The zero-order valence-electron chi connectivity index (χ0n) is 16.7. The lowest BCUT2D eigenvalue weighted by Gasteiger charge is -2.22. The van der Waals surface area contributed by atoms with E-state index in [1.165, 1.54) is 0 Å². The Morgan fingerprint density at radius 3 is 2.21 bits per heavy atom. The maximum Gasteiger partial charge on any atom is 0.255 e. The summed E-state index contributed by atoms with van der Waals surface area (Å²) >= 11 is 0. The fourth-order valence-electron chi connectivity index (χ4n) is 3.06. The van der Waals surface area contributed by atoms with Crippen molar-refractivity contribution in [1.82, 2.24) is 0 Å². The van der Waals surface area contributed by atoms with E-state index in [0.29, 0.717) is 12.1 Å². The molecule has 0 aromatic heterocycles. The Bertz CT molecular complexity index is 972. The monoisotopic (exact) mass is 387 g/mol. The molecule has 29 heavy (non-hydrogen) atoms. The second kappa shape index (κ2) is 9.55. The molecule has 0 saturated heterocycles. The second-order valence-electron chi connectivity index (χ2n) is 6.68. The lowest BCUT2D eigenvalue weighted by Crippen LogP contribution is -2.35.